The highest BCUT2D eigenvalue weighted by Crippen LogP contribution is 2.39. The van der Waals surface area contributed by atoms with Crippen LogP contribution in [0.2, 0.25) is 5.02 Å². The van der Waals surface area contributed by atoms with E-state index >= 15 is 0 Å². The van der Waals surface area contributed by atoms with Crippen molar-refractivity contribution in [1.82, 2.24) is 19.8 Å². The van der Waals surface area contributed by atoms with Crippen LogP contribution in [-0.4, -0.2) is 25.7 Å². The van der Waals surface area contributed by atoms with Crippen LogP contribution in [0.25, 0.3) is 4.96 Å². The number of carbonyl (C=O) groups excluding carboxylic acids is 1. The van der Waals surface area contributed by atoms with Gasteiger partial charge < -0.3 is 5.32 Å². The summed E-state index contributed by atoms with van der Waals surface area (Å²) in [5.74, 6) is 0.270. The number of aromatic nitrogens is 4. The predicted octanol–water partition coefficient (Wildman–Crippen LogP) is 3.11. The van der Waals surface area contributed by atoms with Gasteiger partial charge in [-0.15, -0.1) is 15.3 Å². The molecule has 2 heterocycles. The van der Waals surface area contributed by atoms with Crippen LogP contribution in [0.1, 0.15) is 34.4 Å². The van der Waals surface area contributed by atoms with Gasteiger partial charge in [0, 0.05) is 11.6 Å². The molecule has 0 unspecified atom stereocenters. The number of hydrogen-bond acceptors (Lipinski definition) is 5. The van der Waals surface area contributed by atoms with E-state index in [1.165, 1.54) is 18.2 Å². The fraction of sp³-hybridized carbons (Fsp3) is 0.231. The minimum atomic E-state index is -0.535. The molecule has 22 heavy (non-hydrogen) atoms. The second kappa shape index (κ2) is 4.99. The largest absolute Gasteiger partial charge is 0.320 e. The molecular formula is C13H9ClFN5OS. The van der Waals surface area contributed by atoms with E-state index in [9.17, 15) is 9.18 Å². The molecule has 3 aromatic rings. The number of carbonyl (C=O) groups is 1. The first-order valence-corrected chi connectivity index (χ1v) is 7.80. The zero-order valence-electron chi connectivity index (χ0n) is 11.1. The highest BCUT2D eigenvalue weighted by atomic mass is 35.5. The molecule has 1 N–H and O–H groups in total. The molecule has 0 aliphatic heterocycles. The molecule has 0 atom stereocenters. The minimum Gasteiger partial charge on any atom is -0.320 e. The Hall–Kier alpha value is -2.06. The number of fused-ring (bicyclic) bond motifs is 1. The number of benzene rings is 1. The van der Waals surface area contributed by atoms with Gasteiger partial charge in [0.1, 0.15) is 5.82 Å². The van der Waals surface area contributed by atoms with Crippen LogP contribution in [0.15, 0.2) is 18.2 Å². The number of anilines is 1. The third-order valence-corrected chi connectivity index (χ3v) is 4.52. The number of halogens is 2. The van der Waals surface area contributed by atoms with Crippen molar-refractivity contribution in [3.8, 4) is 0 Å². The Kier molecular flexibility index (Phi) is 3.08. The molecule has 1 aliphatic rings. The van der Waals surface area contributed by atoms with Crippen LogP contribution in [0.4, 0.5) is 10.1 Å². The Morgan fingerprint density at radius 1 is 1.41 bits per heavy atom. The summed E-state index contributed by atoms with van der Waals surface area (Å²) in [7, 11) is 0. The lowest BCUT2D eigenvalue weighted by atomic mass is 10.3. The van der Waals surface area contributed by atoms with Gasteiger partial charge in [-0.25, -0.2) is 4.39 Å². The lowest BCUT2D eigenvalue weighted by Crippen LogP contribution is -2.12. The zero-order valence-corrected chi connectivity index (χ0v) is 12.7. The summed E-state index contributed by atoms with van der Waals surface area (Å²) >= 11 is 6.85. The Morgan fingerprint density at radius 2 is 2.23 bits per heavy atom. The van der Waals surface area contributed by atoms with Crippen LogP contribution in [0.5, 0.6) is 0 Å². The summed E-state index contributed by atoms with van der Waals surface area (Å²) < 4.78 is 14.7. The van der Waals surface area contributed by atoms with E-state index in [1.54, 1.807) is 4.52 Å². The molecule has 0 radical (unpaired) electrons. The van der Waals surface area contributed by atoms with Crippen molar-refractivity contribution in [2.24, 2.45) is 0 Å². The number of nitrogens with one attached hydrogen (secondary N) is 1. The SMILES string of the molecule is O=C(Nc1ccc(F)c(Cl)c1)c1nn2c(C3CC3)nnc2s1. The van der Waals surface area contributed by atoms with Crippen molar-refractivity contribution in [3.63, 3.8) is 0 Å². The number of rotatable bonds is 3. The van der Waals surface area contributed by atoms with Gasteiger partial charge in [-0.2, -0.15) is 4.52 Å². The van der Waals surface area contributed by atoms with Crippen molar-refractivity contribution < 1.29 is 9.18 Å². The molecule has 4 rings (SSSR count). The molecule has 1 aliphatic carbocycles. The average molecular weight is 338 g/mol. The van der Waals surface area contributed by atoms with Gasteiger partial charge in [-0.3, -0.25) is 4.79 Å². The predicted molar refractivity (Wildman–Crippen MR) is 80.0 cm³/mol. The summed E-state index contributed by atoms with van der Waals surface area (Å²) in [4.78, 5) is 12.8. The standard InChI is InChI=1S/C13H9ClFN5OS/c14-8-5-7(3-4-9(8)15)16-11(21)12-19-20-10(6-1-2-6)17-18-13(20)22-12/h3-6H,1-2H2,(H,16,21). The lowest BCUT2D eigenvalue weighted by Gasteiger charge is -2.03. The third kappa shape index (κ3) is 2.34. The van der Waals surface area contributed by atoms with Gasteiger partial charge in [0.15, 0.2) is 5.82 Å². The van der Waals surface area contributed by atoms with Crippen LogP contribution >= 0.6 is 22.9 Å². The van der Waals surface area contributed by atoms with E-state index in [4.69, 9.17) is 11.6 Å². The van der Waals surface area contributed by atoms with Crippen LogP contribution in [-0.2, 0) is 0 Å². The van der Waals surface area contributed by atoms with Crippen molar-refractivity contribution in [2.45, 2.75) is 18.8 Å². The molecule has 1 saturated carbocycles. The molecule has 0 bridgehead atoms. The Morgan fingerprint density at radius 3 is 2.95 bits per heavy atom. The van der Waals surface area contributed by atoms with E-state index in [0.29, 0.717) is 16.6 Å². The van der Waals surface area contributed by atoms with E-state index in [0.717, 1.165) is 30.0 Å². The third-order valence-electron chi connectivity index (χ3n) is 3.33. The van der Waals surface area contributed by atoms with E-state index in [2.05, 4.69) is 20.6 Å². The molecule has 1 amide bonds. The molecule has 1 fully saturated rings. The van der Waals surface area contributed by atoms with Crippen LogP contribution in [0, 0.1) is 5.82 Å². The summed E-state index contributed by atoms with van der Waals surface area (Å²) in [6.07, 6.45) is 2.15. The van der Waals surface area contributed by atoms with E-state index in [1.807, 2.05) is 0 Å². The molecule has 112 valence electrons. The first-order chi connectivity index (χ1) is 10.6. The number of amides is 1. The first-order valence-electron chi connectivity index (χ1n) is 6.60. The molecular weight excluding hydrogens is 329 g/mol. The van der Waals surface area contributed by atoms with Crippen LogP contribution < -0.4 is 5.32 Å². The maximum absolute atomic E-state index is 13.1. The maximum Gasteiger partial charge on any atom is 0.286 e. The van der Waals surface area contributed by atoms with Gasteiger partial charge in [-0.05, 0) is 31.0 Å². The highest BCUT2D eigenvalue weighted by molar-refractivity contribution is 7.18. The second-order valence-corrected chi connectivity index (χ2v) is 6.38. The summed E-state index contributed by atoms with van der Waals surface area (Å²) in [6.45, 7) is 0. The monoisotopic (exact) mass is 337 g/mol. The first kappa shape index (κ1) is 13.6. The van der Waals surface area contributed by atoms with Crippen molar-refractivity contribution >= 4 is 39.5 Å². The number of hydrogen-bond donors (Lipinski definition) is 1. The van der Waals surface area contributed by atoms with Gasteiger partial charge in [0.05, 0.1) is 5.02 Å². The Labute approximate surface area is 132 Å². The summed E-state index contributed by atoms with van der Waals surface area (Å²) in [6, 6.07) is 3.99. The molecule has 0 spiro atoms. The Bertz CT molecular complexity index is 888. The minimum absolute atomic E-state index is 0.0491. The fourth-order valence-corrected chi connectivity index (χ4v) is 3.00. The van der Waals surface area contributed by atoms with Gasteiger partial charge in [-0.1, -0.05) is 22.9 Å². The summed E-state index contributed by atoms with van der Waals surface area (Å²) in [5.41, 5.74) is 0.407. The zero-order chi connectivity index (χ0) is 15.3. The van der Waals surface area contributed by atoms with Crippen molar-refractivity contribution in [2.75, 3.05) is 5.32 Å². The fourth-order valence-electron chi connectivity index (χ4n) is 2.08. The van der Waals surface area contributed by atoms with Crippen molar-refractivity contribution in [3.05, 3.63) is 39.9 Å². The summed E-state index contributed by atoms with van der Waals surface area (Å²) in [5, 5.41) is 15.2. The lowest BCUT2D eigenvalue weighted by molar-refractivity contribution is 0.102. The van der Waals surface area contributed by atoms with Gasteiger partial charge in [0.2, 0.25) is 9.97 Å². The van der Waals surface area contributed by atoms with Crippen LogP contribution in [0.3, 0.4) is 0 Å². The van der Waals surface area contributed by atoms with Gasteiger partial charge in [0.25, 0.3) is 5.91 Å². The molecule has 1 aromatic carbocycles. The molecule has 9 heteroatoms. The highest BCUT2D eigenvalue weighted by Gasteiger charge is 2.30. The topological polar surface area (TPSA) is 72.2 Å². The average Bonchev–Trinajstić information content (AvgIpc) is 3.10. The number of nitrogens with zero attached hydrogens (tertiary/aromatic N) is 4. The van der Waals surface area contributed by atoms with E-state index < -0.39 is 5.82 Å². The molecule has 2 aromatic heterocycles. The molecule has 0 saturated heterocycles. The second-order valence-electron chi connectivity index (χ2n) is 5.02. The van der Waals surface area contributed by atoms with Gasteiger partial charge >= 0.3 is 0 Å². The normalized spacial score (nSPS) is 14.5. The van der Waals surface area contributed by atoms with Crippen molar-refractivity contribution in [1.29, 1.82) is 0 Å². The van der Waals surface area contributed by atoms with E-state index in [-0.39, 0.29) is 15.9 Å². The smallest absolute Gasteiger partial charge is 0.286 e. The molecule has 6 nitrogen and oxygen atoms in total. The maximum atomic E-state index is 13.1. The quantitative estimate of drug-likeness (QED) is 0.797. The Balaban J connectivity index is 1.60.